The van der Waals surface area contributed by atoms with Crippen molar-refractivity contribution in [2.75, 3.05) is 30.4 Å². The highest BCUT2D eigenvalue weighted by atomic mass is 16.5. The van der Waals surface area contributed by atoms with Crippen LogP contribution in [0.2, 0.25) is 0 Å². The third-order valence-corrected chi connectivity index (χ3v) is 3.73. The molecule has 25 heavy (non-hydrogen) atoms. The number of nitrogens with zero attached hydrogens (tertiary/aromatic N) is 3. The van der Waals surface area contributed by atoms with Gasteiger partial charge in [-0.15, -0.1) is 0 Å². The van der Waals surface area contributed by atoms with Crippen molar-refractivity contribution in [3.8, 4) is 0 Å². The highest BCUT2D eigenvalue weighted by Crippen LogP contribution is 2.23. The number of nitrogens with one attached hydrogen (secondary N) is 1. The lowest BCUT2D eigenvalue weighted by molar-refractivity contribution is 0.0602. The lowest BCUT2D eigenvalue weighted by Crippen LogP contribution is -2.26. The minimum Gasteiger partial charge on any atom is -0.465 e. The van der Waals surface area contributed by atoms with E-state index in [-0.39, 0.29) is 5.97 Å². The number of aryl methyl sites for hydroxylation is 1. The third kappa shape index (κ3) is 4.92. The van der Waals surface area contributed by atoms with Gasteiger partial charge in [-0.3, -0.25) is 0 Å². The molecule has 0 saturated carbocycles. The Kier molecular flexibility index (Phi) is 6.74. The van der Waals surface area contributed by atoms with Gasteiger partial charge in [0.2, 0.25) is 0 Å². The van der Waals surface area contributed by atoms with Gasteiger partial charge in [0, 0.05) is 19.2 Å². The standard InChI is InChI=1S/C19H26N4O2/c1-5-11-23(12-6-2)18-13-17(20-14(3)21-18)22-16-10-8-7-9-15(16)19(24)25-4/h7-10,13H,5-6,11-12H2,1-4H3,(H,20,21,22). The number of hydrogen-bond donors (Lipinski definition) is 1. The molecule has 2 aromatic rings. The number of benzene rings is 1. The predicted octanol–water partition coefficient (Wildman–Crippen LogP) is 3.94. The summed E-state index contributed by atoms with van der Waals surface area (Å²) in [6.45, 7) is 8.08. The molecule has 0 bridgehead atoms. The first-order valence-corrected chi connectivity index (χ1v) is 8.64. The molecule has 0 aliphatic rings. The summed E-state index contributed by atoms with van der Waals surface area (Å²) in [5, 5.41) is 3.23. The fraction of sp³-hybridized carbons (Fsp3) is 0.421. The highest BCUT2D eigenvalue weighted by Gasteiger charge is 2.13. The van der Waals surface area contributed by atoms with Gasteiger partial charge < -0.3 is 15.0 Å². The first-order valence-electron chi connectivity index (χ1n) is 8.64. The van der Waals surface area contributed by atoms with E-state index in [4.69, 9.17) is 4.74 Å². The summed E-state index contributed by atoms with van der Waals surface area (Å²) in [5.74, 6) is 1.87. The van der Waals surface area contributed by atoms with Gasteiger partial charge >= 0.3 is 5.97 Å². The van der Waals surface area contributed by atoms with Gasteiger partial charge in [0.05, 0.1) is 18.4 Å². The van der Waals surface area contributed by atoms with Crippen LogP contribution in [0.3, 0.4) is 0 Å². The summed E-state index contributed by atoms with van der Waals surface area (Å²) >= 11 is 0. The molecule has 1 aromatic carbocycles. The molecule has 134 valence electrons. The Morgan fingerprint density at radius 3 is 2.48 bits per heavy atom. The minimum absolute atomic E-state index is 0.382. The first-order chi connectivity index (χ1) is 12.1. The second-order valence-electron chi connectivity index (χ2n) is 5.81. The van der Waals surface area contributed by atoms with Gasteiger partial charge in [-0.1, -0.05) is 26.0 Å². The molecule has 0 aliphatic carbocycles. The fourth-order valence-corrected chi connectivity index (χ4v) is 2.68. The highest BCUT2D eigenvalue weighted by molar-refractivity contribution is 5.96. The van der Waals surface area contributed by atoms with E-state index in [0.717, 1.165) is 31.7 Å². The van der Waals surface area contributed by atoms with Crippen LogP contribution in [0.15, 0.2) is 30.3 Å². The van der Waals surface area contributed by atoms with Crippen molar-refractivity contribution in [1.29, 1.82) is 0 Å². The number of anilines is 3. The first kappa shape index (κ1) is 18.7. The average Bonchev–Trinajstić information content (AvgIpc) is 2.61. The van der Waals surface area contributed by atoms with E-state index in [1.54, 1.807) is 12.1 Å². The van der Waals surface area contributed by atoms with E-state index in [0.29, 0.717) is 22.9 Å². The van der Waals surface area contributed by atoms with Gasteiger partial charge in [0.25, 0.3) is 0 Å². The summed E-state index contributed by atoms with van der Waals surface area (Å²) in [6.07, 6.45) is 2.11. The number of rotatable bonds is 8. The molecular weight excluding hydrogens is 316 g/mol. The van der Waals surface area contributed by atoms with E-state index in [2.05, 4.69) is 34.0 Å². The summed E-state index contributed by atoms with van der Waals surface area (Å²) in [5.41, 5.74) is 1.14. The Bertz CT molecular complexity index is 712. The molecule has 0 spiro atoms. The van der Waals surface area contributed by atoms with Crippen molar-refractivity contribution in [2.24, 2.45) is 0 Å². The summed E-state index contributed by atoms with van der Waals surface area (Å²) < 4.78 is 4.84. The molecule has 0 saturated heterocycles. The van der Waals surface area contributed by atoms with Crippen molar-refractivity contribution < 1.29 is 9.53 Å². The second-order valence-corrected chi connectivity index (χ2v) is 5.81. The zero-order valence-corrected chi connectivity index (χ0v) is 15.4. The Balaban J connectivity index is 2.33. The Labute approximate surface area is 149 Å². The number of ether oxygens (including phenoxy) is 1. The van der Waals surface area contributed by atoms with Crippen LogP contribution in [0.1, 0.15) is 42.9 Å². The molecule has 0 aliphatic heterocycles. The zero-order valence-electron chi connectivity index (χ0n) is 15.4. The largest absolute Gasteiger partial charge is 0.465 e. The maximum absolute atomic E-state index is 11.9. The summed E-state index contributed by atoms with van der Waals surface area (Å²) in [7, 11) is 1.37. The Morgan fingerprint density at radius 2 is 1.84 bits per heavy atom. The van der Waals surface area contributed by atoms with Crippen LogP contribution in [-0.2, 0) is 4.74 Å². The van der Waals surface area contributed by atoms with E-state index < -0.39 is 0 Å². The molecule has 1 N–H and O–H groups in total. The van der Waals surface area contributed by atoms with Crippen LogP contribution in [0.4, 0.5) is 17.3 Å². The summed E-state index contributed by atoms with van der Waals surface area (Å²) in [4.78, 5) is 23.2. The molecule has 0 atom stereocenters. The SMILES string of the molecule is CCCN(CCC)c1cc(Nc2ccccc2C(=O)OC)nc(C)n1. The van der Waals surface area contributed by atoms with Crippen LogP contribution in [-0.4, -0.2) is 36.1 Å². The predicted molar refractivity (Wildman–Crippen MR) is 101 cm³/mol. The number of hydrogen-bond acceptors (Lipinski definition) is 6. The van der Waals surface area contributed by atoms with Gasteiger partial charge in [0.15, 0.2) is 0 Å². The van der Waals surface area contributed by atoms with Crippen molar-refractivity contribution in [2.45, 2.75) is 33.6 Å². The zero-order chi connectivity index (χ0) is 18.2. The number of carbonyl (C=O) groups is 1. The van der Waals surface area contributed by atoms with Gasteiger partial charge in [-0.2, -0.15) is 0 Å². The number of esters is 1. The average molecular weight is 342 g/mol. The quantitative estimate of drug-likeness (QED) is 0.733. The van der Waals surface area contributed by atoms with Crippen LogP contribution in [0.25, 0.3) is 0 Å². The van der Waals surface area contributed by atoms with Crippen LogP contribution < -0.4 is 10.2 Å². The van der Waals surface area contributed by atoms with Crippen molar-refractivity contribution >= 4 is 23.3 Å². The van der Waals surface area contributed by atoms with Crippen LogP contribution in [0, 0.1) is 6.92 Å². The van der Waals surface area contributed by atoms with E-state index >= 15 is 0 Å². The number of para-hydroxylation sites is 1. The van der Waals surface area contributed by atoms with Crippen LogP contribution >= 0.6 is 0 Å². The van der Waals surface area contributed by atoms with E-state index in [9.17, 15) is 4.79 Å². The molecule has 1 aromatic heterocycles. The van der Waals surface area contributed by atoms with Crippen LogP contribution in [0.5, 0.6) is 0 Å². The molecule has 0 amide bonds. The normalized spacial score (nSPS) is 10.4. The van der Waals surface area contributed by atoms with Crippen molar-refractivity contribution in [3.63, 3.8) is 0 Å². The van der Waals surface area contributed by atoms with E-state index in [1.807, 2.05) is 25.1 Å². The summed E-state index contributed by atoms with van der Waals surface area (Å²) in [6, 6.07) is 9.15. The van der Waals surface area contributed by atoms with Crippen molar-refractivity contribution in [3.05, 3.63) is 41.7 Å². The maximum atomic E-state index is 11.9. The molecule has 1 heterocycles. The second kappa shape index (κ2) is 9.01. The number of methoxy groups -OCH3 is 1. The third-order valence-electron chi connectivity index (χ3n) is 3.73. The number of carbonyl (C=O) groups excluding carboxylic acids is 1. The topological polar surface area (TPSA) is 67.4 Å². The molecule has 0 fully saturated rings. The molecule has 2 rings (SSSR count). The van der Waals surface area contributed by atoms with Crippen molar-refractivity contribution in [1.82, 2.24) is 9.97 Å². The Hall–Kier alpha value is -2.63. The lowest BCUT2D eigenvalue weighted by atomic mass is 10.2. The number of aromatic nitrogens is 2. The molecule has 0 unspecified atom stereocenters. The van der Waals surface area contributed by atoms with Gasteiger partial charge in [0.1, 0.15) is 17.5 Å². The van der Waals surface area contributed by atoms with Gasteiger partial charge in [-0.05, 0) is 31.9 Å². The minimum atomic E-state index is -0.382. The maximum Gasteiger partial charge on any atom is 0.339 e. The Morgan fingerprint density at radius 1 is 1.16 bits per heavy atom. The smallest absolute Gasteiger partial charge is 0.339 e. The fourth-order valence-electron chi connectivity index (χ4n) is 2.68. The molecule has 6 nitrogen and oxygen atoms in total. The molecule has 6 heteroatoms. The monoisotopic (exact) mass is 342 g/mol. The van der Waals surface area contributed by atoms with E-state index in [1.165, 1.54) is 7.11 Å². The molecule has 0 radical (unpaired) electrons. The van der Waals surface area contributed by atoms with Gasteiger partial charge in [-0.25, -0.2) is 14.8 Å². The molecular formula is C19H26N4O2. The lowest BCUT2D eigenvalue weighted by Gasteiger charge is -2.23.